The number of rotatable bonds is 2. The topological polar surface area (TPSA) is 49.4 Å². The molecule has 0 heterocycles. The number of imide groups is 1. The predicted molar refractivity (Wildman–Crippen MR) is 66.4 cm³/mol. The van der Waals surface area contributed by atoms with E-state index in [2.05, 4.69) is 11.0 Å². The van der Waals surface area contributed by atoms with Gasteiger partial charge in [0.05, 0.1) is 5.57 Å². The highest BCUT2D eigenvalue weighted by Crippen LogP contribution is 2.18. The molecule has 0 atom stereocenters. The highest BCUT2D eigenvalue weighted by atomic mass is 16.2. The monoisotopic (exact) mass is 234 g/mol. The van der Waals surface area contributed by atoms with Gasteiger partial charge in [-0.05, 0) is 39.8 Å². The summed E-state index contributed by atoms with van der Waals surface area (Å²) in [5, 5.41) is 2.65. The van der Waals surface area contributed by atoms with Gasteiger partial charge in [-0.25, -0.2) is 4.79 Å². The maximum absolute atomic E-state index is 12.2. The quantitative estimate of drug-likeness (QED) is 0.743. The van der Waals surface area contributed by atoms with Crippen LogP contribution in [0.3, 0.4) is 0 Å². The molecule has 0 fully saturated rings. The third-order valence-corrected chi connectivity index (χ3v) is 2.23. The van der Waals surface area contributed by atoms with Crippen molar-refractivity contribution < 1.29 is 9.59 Å². The molecule has 0 aromatic carbocycles. The zero-order valence-corrected chi connectivity index (χ0v) is 10.7. The van der Waals surface area contributed by atoms with Crippen LogP contribution in [0, 0.1) is 0 Å². The summed E-state index contributed by atoms with van der Waals surface area (Å²) < 4.78 is 0. The van der Waals surface area contributed by atoms with E-state index in [1.807, 2.05) is 27.7 Å². The Morgan fingerprint density at radius 3 is 2.47 bits per heavy atom. The molecule has 0 saturated heterocycles. The molecule has 1 rings (SSSR count). The van der Waals surface area contributed by atoms with Crippen LogP contribution in [0.1, 0.15) is 27.7 Å². The number of amides is 3. The molecule has 0 saturated carbocycles. The van der Waals surface area contributed by atoms with Gasteiger partial charge in [0.2, 0.25) is 0 Å². The number of nitrogens with one attached hydrogen (secondary N) is 1. The number of nitrogens with zero attached hydrogens (tertiary/aromatic N) is 1. The Bertz CT molecular complexity index is 421. The van der Waals surface area contributed by atoms with E-state index in [1.165, 1.54) is 4.90 Å². The van der Waals surface area contributed by atoms with Crippen LogP contribution in [-0.4, -0.2) is 28.9 Å². The average molecular weight is 234 g/mol. The number of hydrogen-bond acceptors (Lipinski definition) is 2. The molecule has 0 bridgehead atoms. The Morgan fingerprint density at radius 1 is 1.41 bits per heavy atom. The van der Waals surface area contributed by atoms with Gasteiger partial charge in [0.25, 0.3) is 5.91 Å². The number of allylic oxidation sites excluding steroid dienone is 1. The van der Waals surface area contributed by atoms with E-state index in [0.717, 1.165) is 0 Å². The molecular weight excluding hydrogens is 216 g/mol. The third-order valence-electron chi connectivity index (χ3n) is 2.23. The Hall–Kier alpha value is -1.80. The number of carbonyl (C=O) groups is 2. The van der Waals surface area contributed by atoms with Gasteiger partial charge in [-0.2, -0.15) is 0 Å². The Balaban J connectivity index is 2.99. The molecule has 3 amide bonds. The summed E-state index contributed by atoms with van der Waals surface area (Å²) in [6, 6.07) is -0.375. The molecule has 4 heteroatoms. The molecule has 0 aliphatic heterocycles. The van der Waals surface area contributed by atoms with Gasteiger partial charge < -0.3 is 5.32 Å². The highest BCUT2D eigenvalue weighted by molar-refractivity contribution is 6.06. The summed E-state index contributed by atoms with van der Waals surface area (Å²) in [5.41, 5.74) is 2.66. The second-order valence-corrected chi connectivity index (χ2v) is 4.73. The summed E-state index contributed by atoms with van der Waals surface area (Å²) in [7, 11) is 0. The molecule has 0 aromatic rings. The van der Waals surface area contributed by atoms with Crippen LogP contribution in [0.25, 0.3) is 0 Å². The third kappa shape index (κ3) is 3.08. The smallest absolute Gasteiger partial charge is 0.324 e. The maximum atomic E-state index is 12.2. The van der Waals surface area contributed by atoms with Crippen molar-refractivity contribution >= 4 is 11.9 Å². The standard InChI is InChI=1S/C13H18N2O2/c1-5-14-12(17)15(13(2,3)4)11(16)10-8-6-7-9-10/h6-8H,5H2,1-4H3,(H,14,17). The first-order chi connectivity index (χ1) is 7.88. The lowest BCUT2D eigenvalue weighted by Crippen LogP contribution is -2.53. The van der Waals surface area contributed by atoms with E-state index in [9.17, 15) is 9.59 Å². The van der Waals surface area contributed by atoms with Crippen molar-refractivity contribution in [3.63, 3.8) is 0 Å². The van der Waals surface area contributed by atoms with Crippen LogP contribution in [0.15, 0.2) is 29.5 Å². The zero-order valence-electron chi connectivity index (χ0n) is 10.7. The molecule has 0 unspecified atom stereocenters. The second-order valence-electron chi connectivity index (χ2n) is 4.73. The lowest BCUT2D eigenvalue weighted by Gasteiger charge is -2.33. The molecule has 1 N–H and O–H groups in total. The summed E-state index contributed by atoms with van der Waals surface area (Å²) in [5.74, 6) is -0.326. The van der Waals surface area contributed by atoms with E-state index in [1.54, 1.807) is 18.2 Å². The Morgan fingerprint density at radius 2 is 2.06 bits per heavy atom. The van der Waals surface area contributed by atoms with E-state index < -0.39 is 5.54 Å². The fraction of sp³-hybridized carbons (Fsp3) is 0.462. The molecule has 0 spiro atoms. The van der Waals surface area contributed by atoms with Gasteiger partial charge >= 0.3 is 6.03 Å². The number of urea groups is 1. The van der Waals surface area contributed by atoms with E-state index in [4.69, 9.17) is 0 Å². The van der Waals surface area contributed by atoms with Crippen LogP contribution in [0.2, 0.25) is 0 Å². The normalized spacial score (nSPS) is 13.5. The van der Waals surface area contributed by atoms with Crippen molar-refractivity contribution in [2.45, 2.75) is 33.2 Å². The van der Waals surface area contributed by atoms with E-state index in [-0.39, 0.29) is 11.9 Å². The number of hydrogen-bond donors (Lipinski definition) is 1. The van der Waals surface area contributed by atoms with Gasteiger partial charge in [-0.1, -0.05) is 6.08 Å². The first kappa shape index (κ1) is 13.3. The van der Waals surface area contributed by atoms with Crippen molar-refractivity contribution in [3.05, 3.63) is 29.5 Å². The van der Waals surface area contributed by atoms with Crippen molar-refractivity contribution in [1.29, 1.82) is 0 Å². The minimum absolute atomic E-state index is 0.326. The molecular formula is C13H18N2O2. The summed E-state index contributed by atoms with van der Waals surface area (Å²) in [6.45, 7) is 7.77. The molecule has 0 aromatic heterocycles. The van der Waals surface area contributed by atoms with Crippen LogP contribution >= 0.6 is 0 Å². The Kier molecular flexibility index (Phi) is 3.92. The lowest BCUT2D eigenvalue weighted by molar-refractivity contribution is -0.127. The van der Waals surface area contributed by atoms with Crippen molar-refractivity contribution in [2.75, 3.05) is 6.54 Å². The second kappa shape index (κ2) is 5.02. The van der Waals surface area contributed by atoms with Crippen molar-refractivity contribution in [2.24, 2.45) is 0 Å². The summed E-state index contributed by atoms with van der Waals surface area (Å²) in [6.07, 6.45) is 5.04. The molecule has 4 nitrogen and oxygen atoms in total. The average Bonchev–Trinajstić information content (AvgIpc) is 2.68. The highest BCUT2D eigenvalue weighted by Gasteiger charge is 2.33. The van der Waals surface area contributed by atoms with E-state index >= 15 is 0 Å². The molecule has 17 heavy (non-hydrogen) atoms. The van der Waals surface area contributed by atoms with Gasteiger partial charge in [-0.15, -0.1) is 5.73 Å². The fourth-order valence-corrected chi connectivity index (χ4v) is 1.52. The fourth-order valence-electron chi connectivity index (χ4n) is 1.52. The minimum Gasteiger partial charge on any atom is -0.338 e. The van der Waals surface area contributed by atoms with Crippen molar-refractivity contribution in [3.8, 4) is 0 Å². The largest absolute Gasteiger partial charge is 0.338 e. The molecule has 0 radical (unpaired) electrons. The maximum Gasteiger partial charge on any atom is 0.324 e. The summed E-state index contributed by atoms with van der Waals surface area (Å²) in [4.78, 5) is 25.3. The minimum atomic E-state index is -0.568. The van der Waals surface area contributed by atoms with Gasteiger partial charge in [0.15, 0.2) is 0 Å². The van der Waals surface area contributed by atoms with Gasteiger partial charge in [0.1, 0.15) is 0 Å². The number of carbonyl (C=O) groups excluding carboxylic acids is 2. The first-order valence-electron chi connectivity index (χ1n) is 5.63. The van der Waals surface area contributed by atoms with Crippen molar-refractivity contribution in [1.82, 2.24) is 10.2 Å². The first-order valence-corrected chi connectivity index (χ1v) is 5.63. The lowest BCUT2D eigenvalue weighted by atomic mass is 10.1. The Labute approximate surface area is 102 Å². The van der Waals surface area contributed by atoms with Crippen LogP contribution in [-0.2, 0) is 4.79 Å². The SMILES string of the molecule is CCNC(=O)N(C(=O)C1=C=CC=C1)C(C)(C)C. The van der Waals surface area contributed by atoms with Crippen LogP contribution < -0.4 is 5.32 Å². The zero-order chi connectivity index (χ0) is 13.1. The molecule has 1 aliphatic carbocycles. The van der Waals surface area contributed by atoms with E-state index in [0.29, 0.717) is 12.1 Å². The summed E-state index contributed by atoms with van der Waals surface area (Å²) >= 11 is 0. The molecule has 1 aliphatic rings. The van der Waals surface area contributed by atoms with Gasteiger partial charge in [-0.3, -0.25) is 9.69 Å². The van der Waals surface area contributed by atoms with Crippen LogP contribution in [0.5, 0.6) is 0 Å². The van der Waals surface area contributed by atoms with Gasteiger partial charge in [0, 0.05) is 12.1 Å². The van der Waals surface area contributed by atoms with Crippen LogP contribution in [0.4, 0.5) is 4.79 Å². The molecule has 92 valence electrons. The predicted octanol–water partition coefficient (Wildman–Crippen LogP) is 1.99.